The topological polar surface area (TPSA) is 53.6 Å². The van der Waals surface area contributed by atoms with Gasteiger partial charge in [0.15, 0.2) is 0 Å². The Morgan fingerprint density at radius 3 is 2.39 bits per heavy atom. The molecule has 0 bridgehead atoms. The van der Waals surface area contributed by atoms with E-state index in [1.165, 1.54) is 57.8 Å². The molecular formula is C39H71N3O2. The van der Waals surface area contributed by atoms with Crippen molar-refractivity contribution >= 4 is 6.09 Å². The predicted molar refractivity (Wildman–Crippen MR) is 186 cm³/mol. The first-order chi connectivity index (χ1) is 21.1. The first-order valence-electron chi connectivity index (χ1n) is 19.0. The minimum Gasteiger partial charge on any atom is -0.446 e. The third kappa shape index (κ3) is 7.89. The number of allylic oxidation sites excluding steroid dienone is 1. The lowest BCUT2D eigenvalue weighted by Gasteiger charge is -2.58. The fourth-order valence-electron chi connectivity index (χ4n) is 11.0. The van der Waals surface area contributed by atoms with Crippen LogP contribution in [0.25, 0.3) is 0 Å². The maximum absolute atomic E-state index is 13.4. The minimum atomic E-state index is -0.0911. The molecule has 5 heteroatoms. The van der Waals surface area contributed by atoms with Crippen molar-refractivity contribution in [1.82, 2.24) is 15.5 Å². The van der Waals surface area contributed by atoms with Gasteiger partial charge in [-0.3, -0.25) is 0 Å². The molecule has 0 spiro atoms. The summed E-state index contributed by atoms with van der Waals surface area (Å²) in [7, 11) is 3.97. The van der Waals surface area contributed by atoms with Gasteiger partial charge >= 0.3 is 6.09 Å². The Morgan fingerprint density at radius 2 is 1.68 bits per heavy atom. The Balaban J connectivity index is 1.37. The highest BCUT2D eigenvalue weighted by molar-refractivity contribution is 5.67. The predicted octanol–water partition coefficient (Wildman–Crippen LogP) is 9.08. The molecule has 0 aromatic carbocycles. The fourth-order valence-corrected chi connectivity index (χ4v) is 11.0. The summed E-state index contributed by atoms with van der Waals surface area (Å²) in [6.07, 6.45) is 19.9. The first kappa shape index (κ1) is 35.8. The van der Waals surface area contributed by atoms with E-state index >= 15 is 0 Å². The molecule has 3 saturated carbocycles. The van der Waals surface area contributed by atoms with Crippen molar-refractivity contribution in [2.75, 3.05) is 40.3 Å². The maximum atomic E-state index is 13.4. The third-order valence-corrected chi connectivity index (χ3v) is 13.8. The van der Waals surface area contributed by atoms with Crippen LogP contribution in [0.2, 0.25) is 0 Å². The number of nitrogens with zero attached hydrogens (tertiary/aromatic N) is 1. The number of nitrogens with one attached hydrogen (secondary N) is 2. The van der Waals surface area contributed by atoms with E-state index < -0.39 is 0 Å². The van der Waals surface area contributed by atoms with E-state index in [0.29, 0.717) is 10.8 Å². The van der Waals surface area contributed by atoms with E-state index in [-0.39, 0.29) is 12.2 Å². The monoisotopic (exact) mass is 614 g/mol. The van der Waals surface area contributed by atoms with Crippen molar-refractivity contribution in [3.63, 3.8) is 0 Å². The molecule has 0 unspecified atom stereocenters. The van der Waals surface area contributed by atoms with Crippen LogP contribution in [0, 0.1) is 52.3 Å². The average Bonchev–Trinajstić information content (AvgIpc) is 3.36. The summed E-state index contributed by atoms with van der Waals surface area (Å²) in [5.74, 6) is 6.00. The standard InChI is InChI=1S/C39H71N3O2/c1-9-30(28(2)3)14-13-29(4)34-17-18-35-33-16-15-31-27-32(19-21-38(31,5)36(33)20-22-39(34,35)6)44-37(43)42(26-12-24-41-8)25-11-10-23-40-7/h15,28-30,32-36,40-41H,9-14,16-27H2,1-8H3/t29-,30-,32+,33+,34-,35+,36+,38+,39-/m1/s1. The van der Waals surface area contributed by atoms with Crippen LogP contribution < -0.4 is 10.6 Å². The lowest BCUT2D eigenvalue weighted by atomic mass is 9.47. The molecule has 44 heavy (non-hydrogen) atoms. The number of ether oxygens (including phenoxy) is 1. The summed E-state index contributed by atoms with van der Waals surface area (Å²) in [5.41, 5.74) is 2.44. The van der Waals surface area contributed by atoms with E-state index in [1.54, 1.807) is 5.57 Å². The van der Waals surface area contributed by atoms with Crippen molar-refractivity contribution in [1.29, 1.82) is 0 Å². The van der Waals surface area contributed by atoms with Gasteiger partial charge in [-0.25, -0.2) is 4.79 Å². The minimum absolute atomic E-state index is 0.0332. The number of carbonyl (C=O) groups is 1. The van der Waals surface area contributed by atoms with Gasteiger partial charge in [0.2, 0.25) is 0 Å². The van der Waals surface area contributed by atoms with Gasteiger partial charge in [0.25, 0.3) is 0 Å². The Kier molecular flexibility index (Phi) is 13.1. The molecule has 2 N–H and O–H groups in total. The van der Waals surface area contributed by atoms with Crippen molar-refractivity contribution in [3.8, 4) is 0 Å². The summed E-state index contributed by atoms with van der Waals surface area (Å²) in [4.78, 5) is 15.3. The zero-order valence-electron chi connectivity index (χ0n) is 30.2. The molecule has 1 amide bonds. The van der Waals surface area contributed by atoms with Crippen LogP contribution in [-0.4, -0.2) is 57.4 Å². The maximum Gasteiger partial charge on any atom is 0.410 e. The van der Waals surface area contributed by atoms with E-state index in [1.807, 2.05) is 19.0 Å². The zero-order chi connectivity index (χ0) is 31.9. The largest absolute Gasteiger partial charge is 0.446 e. The van der Waals surface area contributed by atoms with Crippen molar-refractivity contribution < 1.29 is 9.53 Å². The van der Waals surface area contributed by atoms with Crippen LogP contribution in [0.4, 0.5) is 4.79 Å². The number of hydrogen-bond acceptors (Lipinski definition) is 4. The van der Waals surface area contributed by atoms with Gasteiger partial charge in [-0.15, -0.1) is 0 Å². The number of unbranched alkanes of at least 4 members (excludes halogenated alkanes) is 1. The van der Waals surface area contributed by atoms with Crippen LogP contribution in [0.1, 0.15) is 131 Å². The van der Waals surface area contributed by atoms with Crippen molar-refractivity contribution in [3.05, 3.63) is 11.6 Å². The highest BCUT2D eigenvalue weighted by Crippen LogP contribution is 2.67. The molecule has 0 aromatic heterocycles. The summed E-state index contributed by atoms with van der Waals surface area (Å²) in [6, 6.07) is 0. The molecule has 5 nitrogen and oxygen atoms in total. The molecule has 4 aliphatic carbocycles. The summed E-state index contributed by atoms with van der Waals surface area (Å²) in [6.45, 7) is 18.6. The smallest absolute Gasteiger partial charge is 0.410 e. The van der Waals surface area contributed by atoms with E-state index in [0.717, 1.165) is 99.7 Å². The molecule has 0 saturated heterocycles. The van der Waals surface area contributed by atoms with Gasteiger partial charge in [0.05, 0.1) is 0 Å². The Bertz CT molecular complexity index is 934. The highest BCUT2D eigenvalue weighted by Gasteiger charge is 2.59. The van der Waals surface area contributed by atoms with Gasteiger partial charge in [-0.1, -0.05) is 66.0 Å². The molecule has 4 rings (SSSR count). The number of rotatable bonds is 16. The second-order valence-corrected chi connectivity index (χ2v) is 16.5. The number of fused-ring (bicyclic) bond motifs is 5. The fraction of sp³-hybridized carbons (Fsp3) is 0.923. The number of hydrogen-bond donors (Lipinski definition) is 2. The van der Waals surface area contributed by atoms with E-state index in [4.69, 9.17) is 4.74 Å². The van der Waals surface area contributed by atoms with Gasteiger partial charge in [0.1, 0.15) is 6.10 Å². The molecule has 4 aliphatic rings. The quantitative estimate of drug-likeness (QED) is 0.135. The second-order valence-electron chi connectivity index (χ2n) is 16.5. The highest BCUT2D eigenvalue weighted by atomic mass is 16.6. The zero-order valence-corrected chi connectivity index (χ0v) is 30.2. The van der Waals surface area contributed by atoms with Gasteiger partial charge in [-0.05, 0) is 150 Å². The lowest BCUT2D eigenvalue weighted by Crippen LogP contribution is -2.51. The summed E-state index contributed by atoms with van der Waals surface area (Å²) >= 11 is 0. The molecule has 0 heterocycles. The Morgan fingerprint density at radius 1 is 0.955 bits per heavy atom. The van der Waals surface area contributed by atoms with Crippen LogP contribution in [0.3, 0.4) is 0 Å². The molecule has 9 atom stereocenters. The molecule has 3 fully saturated rings. The third-order valence-electron chi connectivity index (χ3n) is 13.8. The number of amides is 1. The average molecular weight is 614 g/mol. The Labute approximate surface area is 272 Å². The van der Waals surface area contributed by atoms with Gasteiger partial charge < -0.3 is 20.3 Å². The summed E-state index contributed by atoms with van der Waals surface area (Å²) < 4.78 is 6.27. The van der Waals surface area contributed by atoms with Gasteiger partial charge in [-0.2, -0.15) is 0 Å². The summed E-state index contributed by atoms with van der Waals surface area (Å²) in [5, 5.41) is 6.44. The van der Waals surface area contributed by atoms with Crippen LogP contribution >= 0.6 is 0 Å². The number of carbonyl (C=O) groups excluding carboxylic acids is 1. The van der Waals surface area contributed by atoms with Crippen molar-refractivity contribution in [2.45, 2.75) is 138 Å². The van der Waals surface area contributed by atoms with Gasteiger partial charge in [0, 0.05) is 19.5 Å². The van der Waals surface area contributed by atoms with Crippen LogP contribution in [-0.2, 0) is 4.74 Å². The molecule has 254 valence electrons. The van der Waals surface area contributed by atoms with E-state index in [2.05, 4.69) is 58.3 Å². The van der Waals surface area contributed by atoms with Crippen LogP contribution in [0.15, 0.2) is 11.6 Å². The molecule has 0 aliphatic heterocycles. The lowest BCUT2D eigenvalue weighted by molar-refractivity contribution is -0.0595. The first-order valence-corrected chi connectivity index (χ1v) is 19.0. The van der Waals surface area contributed by atoms with Crippen molar-refractivity contribution in [2.24, 2.45) is 52.3 Å². The molecule has 0 aromatic rings. The molecular weight excluding hydrogens is 542 g/mol. The normalized spacial score (nSPS) is 34.5. The van der Waals surface area contributed by atoms with E-state index in [9.17, 15) is 4.79 Å². The van der Waals surface area contributed by atoms with Crippen LogP contribution in [0.5, 0.6) is 0 Å². The molecule has 0 radical (unpaired) electrons. The Hall–Kier alpha value is -1.07. The second kappa shape index (κ2) is 16.2. The SMILES string of the molecule is CC[C@H](CC[C@@H](C)[C@H]1CC[C@H]2[C@@H]3CC=C4C[C@@H](OC(=O)N(CCCCNC)CCCNC)CC[C@]4(C)[C@H]3CC[C@]12C)C(C)C.